The molecule has 12 aromatic carbocycles. The summed E-state index contributed by atoms with van der Waals surface area (Å²) in [4.78, 5) is -0.0641. The van der Waals surface area contributed by atoms with Gasteiger partial charge in [0.2, 0.25) is 0 Å². The first-order valence-corrected chi connectivity index (χ1v) is 21.4. The molecule has 0 aliphatic heterocycles. The molecule has 0 bridgehead atoms. The molecule has 0 atom stereocenters. The van der Waals surface area contributed by atoms with Crippen LogP contribution in [0, 0.1) is 0 Å². The number of anilines is 3. The summed E-state index contributed by atoms with van der Waals surface area (Å²) in [5.41, 5.74) is -33.4. The van der Waals surface area contributed by atoms with Gasteiger partial charge in [0.25, 0.3) is 0 Å². The minimum Gasteiger partial charge on any atom is -0.310 e. The lowest BCUT2D eigenvalue weighted by molar-refractivity contribution is 0.660. The van der Waals surface area contributed by atoms with E-state index < -0.39 is 424 Å². The number of rotatable bonds is 8. The molecule has 0 saturated carbocycles. The van der Waals surface area contributed by atoms with Gasteiger partial charge in [0.1, 0.15) is 0 Å². The van der Waals surface area contributed by atoms with E-state index in [2.05, 4.69) is 0 Å². The Labute approximate surface area is 499 Å². The molecular formula is C72H51N. The van der Waals surface area contributed by atoms with Crippen LogP contribution >= 0.6 is 0 Å². The summed E-state index contributed by atoms with van der Waals surface area (Å²) in [6.07, 6.45) is 0. The molecule has 0 fully saturated rings. The van der Waals surface area contributed by atoms with Crippen LogP contribution in [0.1, 0.15) is 117 Å². The standard InChI is InChI=1S/C72H51N/c1-71(2)66-30-15-13-28-62(66)64-42-37-53(46-68(64)71)52-21-17-26-58(45-52)73(59-40-43-65-63-29-14-16-31-67(63)72(69(65)47-59,55-22-5-3-6-23-55)56-24-7-4-8-25-56)57-38-34-50(35-39-57)61-41-36-49-19-11-12-27-60(49)70(61)54-33-32-48-18-9-10-20-51(48)44-54/h3-47H,1-2H3/i1D3,2D3,3D,4D,5D,6D,7D,8D,9D,10D,11D,12D,13D,14D,15D,16D,17D,18D,19D,20D,21D,22D,23D,24D,25D,26D,27D,28D,29D,30D,31D,32D,33D,34D,35D,36D,37D,38D,39D,40D,41D,42D,43D,44D,45D,46D,47D. The minimum atomic E-state index is -4.17. The zero-order chi connectivity index (χ0) is 92.8. The number of hydrogen-bond donors (Lipinski definition) is 0. The van der Waals surface area contributed by atoms with Crippen molar-refractivity contribution in [1.82, 2.24) is 0 Å². The fraction of sp³-hybridized carbons (Fsp3) is 0.0556. The first-order chi connectivity index (χ1) is 57.2. The molecule has 0 heterocycles. The number of fused-ring (bicyclic) bond motifs is 8. The lowest BCUT2D eigenvalue weighted by Crippen LogP contribution is -2.28. The lowest BCUT2D eigenvalue weighted by atomic mass is 9.67. The second-order valence-electron chi connectivity index (χ2n) is 16.0. The Kier molecular flexibility index (Phi) is 3.56. The molecule has 344 valence electrons. The third-order valence-electron chi connectivity index (χ3n) is 12.1. The Bertz CT molecular complexity index is 6900. The van der Waals surface area contributed by atoms with Gasteiger partial charge in [0, 0.05) is 30.7 Å². The number of nitrogens with zero attached hydrogens (tertiary/aromatic N) is 1. The van der Waals surface area contributed by atoms with Gasteiger partial charge in [-0.25, -0.2) is 0 Å². The molecule has 14 rings (SSSR count). The molecule has 0 aromatic heterocycles. The van der Waals surface area contributed by atoms with Gasteiger partial charge in [0.05, 0.1) is 67.1 Å². The first kappa shape index (κ1) is 15.5. The molecular weight excluding hydrogens is 879 g/mol. The second kappa shape index (κ2) is 16.8. The van der Waals surface area contributed by atoms with E-state index in [1.807, 2.05) is 0 Å². The van der Waals surface area contributed by atoms with Crippen molar-refractivity contribution in [2.24, 2.45) is 0 Å². The molecule has 1 heteroatoms. The molecule has 0 spiro atoms. The van der Waals surface area contributed by atoms with E-state index in [1.54, 1.807) is 0 Å². The van der Waals surface area contributed by atoms with E-state index in [0.717, 1.165) is 0 Å². The molecule has 0 N–H and O–H groups in total. The molecule has 0 amide bonds. The smallest absolute Gasteiger partial charge is 0.0714 e. The van der Waals surface area contributed by atoms with Crippen molar-refractivity contribution in [2.75, 3.05) is 4.90 Å². The van der Waals surface area contributed by atoms with Crippen molar-refractivity contribution < 1.29 is 69.9 Å². The maximum atomic E-state index is 11.0. The predicted octanol–water partition coefficient (Wildman–Crippen LogP) is 19.1. The second-order valence-corrected chi connectivity index (χ2v) is 16.0. The highest BCUT2D eigenvalue weighted by Gasteiger charge is 2.46. The van der Waals surface area contributed by atoms with E-state index in [9.17, 15) is 37.0 Å². The molecule has 0 saturated heterocycles. The summed E-state index contributed by atoms with van der Waals surface area (Å²) in [6.45, 7) is -8.34. The van der Waals surface area contributed by atoms with Gasteiger partial charge < -0.3 is 4.90 Å². The molecule has 2 aliphatic rings. The highest BCUT2D eigenvalue weighted by Crippen LogP contribution is 2.58. The van der Waals surface area contributed by atoms with Crippen LogP contribution in [0.25, 0.3) is 77.2 Å². The van der Waals surface area contributed by atoms with E-state index in [0.29, 0.717) is 0 Å². The van der Waals surface area contributed by atoms with Crippen molar-refractivity contribution in [3.8, 4) is 55.6 Å². The van der Waals surface area contributed by atoms with Gasteiger partial charge in [-0.05, 0) is 159 Å². The predicted molar refractivity (Wildman–Crippen MR) is 307 cm³/mol. The van der Waals surface area contributed by atoms with Crippen LogP contribution in [-0.2, 0) is 10.8 Å². The van der Waals surface area contributed by atoms with Crippen molar-refractivity contribution in [3.05, 3.63) is 305 Å². The van der Waals surface area contributed by atoms with Gasteiger partial charge >= 0.3 is 0 Å². The van der Waals surface area contributed by atoms with E-state index in [4.69, 9.17) is 32.9 Å². The zero-order valence-electron chi connectivity index (χ0n) is 87.4. The average Bonchev–Trinajstić information content (AvgIpc) is 1.48. The van der Waals surface area contributed by atoms with E-state index in [1.165, 1.54) is 0 Å². The summed E-state index contributed by atoms with van der Waals surface area (Å²) >= 11 is 0. The van der Waals surface area contributed by atoms with Crippen LogP contribution in [0.2, 0.25) is 0 Å². The van der Waals surface area contributed by atoms with Gasteiger partial charge in [-0.1, -0.05) is 237 Å². The molecule has 73 heavy (non-hydrogen) atoms. The summed E-state index contributed by atoms with van der Waals surface area (Å²) in [6, 6.07) is -62.6. The summed E-state index contributed by atoms with van der Waals surface area (Å²) in [5, 5.41) is -3.65. The van der Waals surface area contributed by atoms with Gasteiger partial charge in [-0.3, -0.25) is 0 Å². The lowest BCUT2D eigenvalue weighted by Gasteiger charge is -2.35. The van der Waals surface area contributed by atoms with Crippen molar-refractivity contribution in [1.29, 1.82) is 0 Å². The average molecular weight is 982 g/mol. The van der Waals surface area contributed by atoms with Crippen molar-refractivity contribution >= 4 is 38.6 Å². The van der Waals surface area contributed by atoms with Crippen LogP contribution in [0.15, 0.2) is 272 Å². The molecule has 0 radical (unpaired) electrons. The topological polar surface area (TPSA) is 3.24 Å². The Balaban J connectivity index is 1.26. The molecule has 1 nitrogen and oxygen atoms in total. The normalized spacial score (nSPS) is 23.8. The SMILES string of the molecule is [2H]c1c([2H])c([2H])c(C2(c3c([2H])c([2H])c([2H])c([2H])c3[2H])c3c([2H])c([2H])c([2H])c([2H])c3-c3c([2H])c([2H])c(N(c4c([2H])c([2H])c(-c5c([2H])c([2H])c6c([2H])c([2H])c([2H])c([2H])c6c5-c5c([2H])c([2H])c6c([2H])c([2H])c([2H])c([2H])c6c5[2H])c([2H])c4[2H])c4c([2H])c([2H])c([2H])c(-c5c([2H])c([2H])c6c(c5[2H])C(C([2H])([2H])[2H])(C([2H])([2H])[2H])c5c([2H])c([2H])c([2H])c([2H])c5-6)c4[2H])c([2H])c32)c([2H])c1[2H]. The zero-order valence-corrected chi connectivity index (χ0v) is 36.4. The fourth-order valence-electron chi connectivity index (χ4n) is 8.99. The summed E-state index contributed by atoms with van der Waals surface area (Å²) in [5.74, 6) is 0. The summed E-state index contributed by atoms with van der Waals surface area (Å²) in [7, 11) is 0. The largest absolute Gasteiger partial charge is 0.310 e. The Morgan fingerprint density at radius 2 is 0.849 bits per heavy atom. The highest BCUT2D eigenvalue weighted by molar-refractivity contribution is 6.06. The van der Waals surface area contributed by atoms with Crippen molar-refractivity contribution in [3.63, 3.8) is 0 Å². The van der Waals surface area contributed by atoms with Crippen molar-refractivity contribution in [2.45, 2.75) is 24.5 Å². The van der Waals surface area contributed by atoms with Gasteiger partial charge in [0.15, 0.2) is 0 Å². The molecule has 12 aromatic rings. The van der Waals surface area contributed by atoms with Crippen LogP contribution in [0.5, 0.6) is 0 Å². The maximum absolute atomic E-state index is 11.0. The maximum Gasteiger partial charge on any atom is 0.0714 e. The van der Waals surface area contributed by atoms with Gasteiger partial charge in [-0.15, -0.1) is 0 Å². The molecule has 0 unspecified atom stereocenters. The highest BCUT2D eigenvalue weighted by atomic mass is 15.1. The fourth-order valence-corrected chi connectivity index (χ4v) is 8.99. The third kappa shape index (κ3) is 6.69. The quantitative estimate of drug-likeness (QED) is 0.147. The summed E-state index contributed by atoms with van der Waals surface area (Å²) < 4.78 is 483. The number of benzene rings is 12. The van der Waals surface area contributed by atoms with Crippen LogP contribution in [-0.4, -0.2) is 0 Å². The van der Waals surface area contributed by atoms with Crippen LogP contribution in [0.4, 0.5) is 17.1 Å². The van der Waals surface area contributed by atoms with E-state index in [-0.39, 0.29) is 4.90 Å². The first-order valence-electron chi connectivity index (χ1n) is 46.9. The third-order valence-corrected chi connectivity index (χ3v) is 12.1. The van der Waals surface area contributed by atoms with Gasteiger partial charge in [-0.2, -0.15) is 0 Å². The molecule has 2 aliphatic carbocycles. The van der Waals surface area contributed by atoms with E-state index >= 15 is 0 Å². The Morgan fingerprint density at radius 1 is 0.315 bits per heavy atom. The monoisotopic (exact) mass is 981 g/mol. The van der Waals surface area contributed by atoms with Crippen LogP contribution < -0.4 is 4.90 Å². The minimum absolute atomic E-state index is 0.0641. The Hall–Kier alpha value is -9.04. The number of hydrogen-bond acceptors (Lipinski definition) is 1. The van der Waals surface area contributed by atoms with Crippen LogP contribution in [0.3, 0.4) is 0 Å². The Morgan fingerprint density at radius 3 is 1.62 bits per heavy atom.